The van der Waals surface area contributed by atoms with Crippen molar-refractivity contribution >= 4 is 16.7 Å². The highest BCUT2D eigenvalue weighted by Gasteiger charge is 2.20. The van der Waals surface area contributed by atoms with Crippen molar-refractivity contribution < 1.29 is 4.42 Å². The molecule has 23 heavy (non-hydrogen) atoms. The van der Waals surface area contributed by atoms with Gasteiger partial charge in [0.15, 0.2) is 5.58 Å². The Kier molecular flexibility index (Phi) is 3.83. The number of fused-ring (bicyclic) bond motifs is 1. The first kappa shape index (κ1) is 14.4. The summed E-state index contributed by atoms with van der Waals surface area (Å²) in [5, 5.41) is 3.15. The average Bonchev–Trinajstić information content (AvgIpc) is 3.19. The second kappa shape index (κ2) is 6.13. The van der Waals surface area contributed by atoms with Gasteiger partial charge < -0.3 is 14.7 Å². The number of hydrogen-bond acceptors (Lipinski definition) is 4. The molecule has 2 aliphatic heterocycles. The summed E-state index contributed by atoms with van der Waals surface area (Å²) in [5.74, 6) is 1.07. The number of para-hydroxylation sites is 1. The normalized spacial score (nSPS) is 21.3. The van der Waals surface area contributed by atoms with Crippen molar-refractivity contribution in [3.05, 3.63) is 54.6 Å². The van der Waals surface area contributed by atoms with E-state index in [2.05, 4.69) is 41.5 Å². The Morgan fingerprint density at radius 2 is 2.26 bits per heavy atom. The van der Waals surface area contributed by atoms with E-state index in [1.165, 1.54) is 19.4 Å². The number of rotatable bonds is 4. The molecule has 4 heteroatoms. The molecule has 2 aliphatic rings. The topological polar surface area (TPSA) is 31.6 Å². The molecule has 1 aromatic carbocycles. The van der Waals surface area contributed by atoms with Gasteiger partial charge in [0, 0.05) is 36.8 Å². The molecule has 1 fully saturated rings. The molecule has 4 rings (SSSR count). The Labute approximate surface area is 137 Å². The summed E-state index contributed by atoms with van der Waals surface area (Å²) >= 11 is 0. The number of furan rings is 1. The van der Waals surface area contributed by atoms with E-state index < -0.39 is 0 Å². The molecule has 1 aromatic heterocycles. The molecule has 1 N–H and O–H groups in total. The molecule has 0 aliphatic carbocycles. The summed E-state index contributed by atoms with van der Waals surface area (Å²) in [6, 6.07) is 9.17. The summed E-state index contributed by atoms with van der Waals surface area (Å²) in [4.78, 5) is 2.56. The van der Waals surface area contributed by atoms with E-state index in [1.807, 2.05) is 29.6 Å². The van der Waals surface area contributed by atoms with Gasteiger partial charge in [0.25, 0.3) is 0 Å². The molecule has 120 valence electrons. The zero-order valence-electron chi connectivity index (χ0n) is 13.5. The highest BCUT2D eigenvalue weighted by atomic mass is 16.3. The zero-order valence-corrected chi connectivity index (χ0v) is 13.5. The number of hydrazine groups is 1. The molecule has 0 radical (unpaired) electrons. The van der Waals surface area contributed by atoms with Crippen LogP contribution in [0.2, 0.25) is 0 Å². The van der Waals surface area contributed by atoms with E-state index in [0.717, 1.165) is 35.4 Å². The van der Waals surface area contributed by atoms with Crippen molar-refractivity contribution in [2.24, 2.45) is 0 Å². The Hall–Kier alpha value is -2.20. The van der Waals surface area contributed by atoms with Crippen LogP contribution in [0.1, 0.15) is 25.5 Å². The van der Waals surface area contributed by atoms with Gasteiger partial charge in [0.2, 0.25) is 0 Å². The van der Waals surface area contributed by atoms with Crippen LogP contribution in [0.5, 0.6) is 0 Å². The molecular formula is C19H23N3O. The third kappa shape index (κ3) is 2.86. The number of hydrogen-bond donors (Lipinski definition) is 1. The molecule has 2 aromatic rings. The van der Waals surface area contributed by atoms with Crippen LogP contribution in [0.25, 0.3) is 11.0 Å². The van der Waals surface area contributed by atoms with Gasteiger partial charge in [-0.1, -0.05) is 12.1 Å². The van der Waals surface area contributed by atoms with Crippen molar-refractivity contribution in [3.8, 4) is 0 Å². The fraction of sp³-hybridized carbons (Fsp3) is 0.368. The second-order valence-corrected chi connectivity index (χ2v) is 6.39. The maximum absolute atomic E-state index is 6.18. The standard InChI is InChI=1S/C19H23N3O/c1-15-6-5-11-21(15)13-9-17-14-16-7-4-8-18(19(16)23-17)22-12-3-2-10-20-22/h2-4,7-8,10,12,14-15,20H,5-6,9,11,13H2,1H3/t15-/m1/s1. The fourth-order valence-electron chi connectivity index (χ4n) is 3.50. The lowest BCUT2D eigenvalue weighted by atomic mass is 10.2. The maximum Gasteiger partial charge on any atom is 0.159 e. The van der Waals surface area contributed by atoms with Gasteiger partial charge in [-0.25, -0.2) is 0 Å². The number of nitrogens with zero attached hydrogens (tertiary/aromatic N) is 2. The van der Waals surface area contributed by atoms with E-state index in [-0.39, 0.29) is 0 Å². The van der Waals surface area contributed by atoms with E-state index in [0.29, 0.717) is 6.04 Å². The van der Waals surface area contributed by atoms with Crippen molar-refractivity contribution in [3.63, 3.8) is 0 Å². The molecule has 0 amide bonds. The first-order valence-corrected chi connectivity index (χ1v) is 8.45. The smallest absolute Gasteiger partial charge is 0.159 e. The van der Waals surface area contributed by atoms with Crippen molar-refractivity contribution in [2.45, 2.75) is 32.2 Å². The summed E-state index contributed by atoms with van der Waals surface area (Å²) in [6.07, 6.45) is 11.5. The first-order chi connectivity index (χ1) is 11.3. The highest BCUT2D eigenvalue weighted by Crippen LogP contribution is 2.30. The lowest BCUT2D eigenvalue weighted by molar-refractivity contribution is 0.266. The van der Waals surface area contributed by atoms with Crippen LogP contribution in [0.4, 0.5) is 5.69 Å². The summed E-state index contributed by atoms with van der Waals surface area (Å²) in [7, 11) is 0. The van der Waals surface area contributed by atoms with E-state index in [1.54, 1.807) is 0 Å². The number of anilines is 1. The average molecular weight is 309 g/mol. The van der Waals surface area contributed by atoms with Crippen LogP contribution >= 0.6 is 0 Å². The van der Waals surface area contributed by atoms with Crippen LogP contribution in [0.15, 0.2) is 53.2 Å². The summed E-state index contributed by atoms with van der Waals surface area (Å²) < 4.78 is 6.18. The molecule has 3 heterocycles. The van der Waals surface area contributed by atoms with Crippen LogP contribution in [0, 0.1) is 0 Å². The van der Waals surface area contributed by atoms with Crippen molar-refractivity contribution in [1.82, 2.24) is 10.3 Å². The Morgan fingerprint density at radius 1 is 1.30 bits per heavy atom. The molecule has 0 spiro atoms. The molecular weight excluding hydrogens is 286 g/mol. The summed E-state index contributed by atoms with van der Waals surface area (Å²) in [6.45, 7) is 4.63. The van der Waals surface area contributed by atoms with Crippen LogP contribution < -0.4 is 10.4 Å². The molecule has 1 atom stereocenters. The monoisotopic (exact) mass is 309 g/mol. The minimum atomic E-state index is 0.712. The van der Waals surface area contributed by atoms with Gasteiger partial charge in [0.05, 0.1) is 0 Å². The quantitative estimate of drug-likeness (QED) is 0.930. The Bertz CT molecular complexity index is 746. The summed E-state index contributed by atoms with van der Waals surface area (Å²) in [5.41, 5.74) is 5.21. The molecule has 1 saturated heterocycles. The minimum absolute atomic E-state index is 0.712. The second-order valence-electron chi connectivity index (χ2n) is 6.39. The van der Waals surface area contributed by atoms with Crippen LogP contribution in [-0.4, -0.2) is 24.0 Å². The SMILES string of the molecule is C[C@@H]1CCCN1CCc1cc2cccc(N3C=CC=CN3)c2o1. The third-order valence-electron chi connectivity index (χ3n) is 4.83. The molecule has 0 saturated carbocycles. The predicted molar refractivity (Wildman–Crippen MR) is 94.1 cm³/mol. The van der Waals surface area contributed by atoms with Gasteiger partial charge in [0.1, 0.15) is 11.4 Å². The molecule has 0 bridgehead atoms. The Morgan fingerprint density at radius 3 is 3.04 bits per heavy atom. The molecule has 4 nitrogen and oxygen atoms in total. The lowest BCUT2D eigenvalue weighted by Crippen LogP contribution is -2.30. The zero-order chi connectivity index (χ0) is 15.6. The number of nitrogens with one attached hydrogen (secondary N) is 1. The van der Waals surface area contributed by atoms with Gasteiger partial charge in [-0.05, 0) is 50.6 Å². The van der Waals surface area contributed by atoms with Crippen LogP contribution in [0.3, 0.4) is 0 Å². The number of likely N-dealkylation sites (tertiary alicyclic amines) is 1. The van der Waals surface area contributed by atoms with Gasteiger partial charge >= 0.3 is 0 Å². The minimum Gasteiger partial charge on any atom is -0.459 e. The van der Waals surface area contributed by atoms with Gasteiger partial charge in [-0.15, -0.1) is 0 Å². The maximum atomic E-state index is 6.18. The third-order valence-corrected chi connectivity index (χ3v) is 4.83. The van der Waals surface area contributed by atoms with E-state index in [9.17, 15) is 0 Å². The van der Waals surface area contributed by atoms with Crippen molar-refractivity contribution in [2.75, 3.05) is 18.1 Å². The van der Waals surface area contributed by atoms with Gasteiger partial charge in [-0.2, -0.15) is 0 Å². The van der Waals surface area contributed by atoms with Crippen LogP contribution in [-0.2, 0) is 6.42 Å². The van der Waals surface area contributed by atoms with E-state index in [4.69, 9.17) is 4.42 Å². The first-order valence-electron chi connectivity index (χ1n) is 8.45. The van der Waals surface area contributed by atoms with Gasteiger partial charge in [-0.3, -0.25) is 5.01 Å². The lowest BCUT2D eigenvalue weighted by Gasteiger charge is -2.22. The fourth-order valence-corrected chi connectivity index (χ4v) is 3.50. The van der Waals surface area contributed by atoms with Crippen molar-refractivity contribution in [1.29, 1.82) is 0 Å². The molecule has 0 unspecified atom stereocenters. The number of benzene rings is 1. The Balaban J connectivity index is 1.55. The number of allylic oxidation sites excluding steroid dienone is 2. The largest absolute Gasteiger partial charge is 0.459 e. The predicted octanol–water partition coefficient (Wildman–Crippen LogP) is 3.81. The van der Waals surface area contributed by atoms with E-state index >= 15 is 0 Å². The highest BCUT2D eigenvalue weighted by molar-refractivity contribution is 5.90.